The lowest BCUT2D eigenvalue weighted by atomic mass is 10.1. The van der Waals surface area contributed by atoms with Crippen LogP contribution in [0, 0.1) is 5.92 Å². The van der Waals surface area contributed by atoms with Crippen LogP contribution in [0.5, 0.6) is 5.75 Å². The van der Waals surface area contributed by atoms with Gasteiger partial charge >= 0.3 is 0 Å². The molecule has 0 spiro atoms. The van der Waals surface area contributed by atoms with Crippen LogP contribution >= 0.6 is 11.3 Å². The Hall–Kier alpha value is -2.65. The van der Waals surface area contributed by atoms with Crippen LogP contribution in [-0.4, -0.2) is 42.6 Å². The predicted octanol–water partition coefficient (Wildman–Crippen LogP) is 1.23. The second-order valence-corrected chi connectivity index (χ2v) is 7.36. The van der Waals surface area contributed by atoms with Crippen LogP contribution in [0.15, 0.2) is 18.2 Å². The fraction of sp³-hybridized carbons (Fsp3) is 0.389. The van der Waals surface area contributed by atoms with Gasteiger partial charge in [-0.25, -0.2) is 0 Å². The van der Waals surface area contributed by atoms with Crippen molar-refractivity contribution in [3.05, 3.63) is 23.8 Å². The van der Waals surface area contributed by atoms with Gasteiger partial charge in [0.1, 0.15) is 10.8 Å². The largest absolute Gasteiger partial charge is 0.484 e. The van der Waals surface area contributed by atoms with Gasteiger partial charge in [0.15, 0.2) is 6.61 Å². The van der Waals surface area contributed by atoms with Crippen LogP contribution in [0.4, 0.5) is 5.00 Å². The number of hydrogen-bond acceptors (Lipinski definition) is 6. The van der Waals surface area contributed by atoms with Gasteiger partial charge in [0.25, 0.3) is 11.8 Å². The van der Waals surface area contributed by atoms with Gasteiger partial charge in [0, 0.05) is 29.2 Å². The molecule has 0 saturated heterocycles. The third-order valence-electron chi connectivity index (χ3n) is 4.12. The molecule has 5 N–H and O–H groups in total. The Morgan fingerprint density at radius 3 is 2.74 bits per heavy atom. The normalized spacial score (nSPS) is 13.4. The Kier molecular flexibility index (Phi) is 5.92. The Morgan fingerprint density at radius 1 is 1.30 bits per heavy atom. The average Bonchev–Trinajstić information content (AvgIpc) is 3.41. The zero-order valence-corrected chi connectivity index (χ0v) is 15.4. The first-order chi connectivity index (χ1) is 13.0. The highest BCUT2D eigenvalue weighted by atomic mass is 32.1. The molecular weight excluding hydrogens is 370 g/mol. The predicted molar refractivity (Wildman–Crippen MR) is 102 cm³/mol. The van der Waals surface area contributed by atoms with Crippen LogP contribution in [0.3, 0.4) is 0 Å². The lowest BCUT2D eigenvalue weighted by Crippen LogP contribution is -2.30. The summed E-state index contributed by atoms with van der Waals surface area (Å²) in [6.07, 6.45) is 2.21. The van der Waals surface area contributed by atoms with Crippen LogP contribution in [0.25, 0.3) is 10.1 Å². The number of primary amides is 1. The van der Waals surface area contributed by atoms with Gasteiger partial charge in [-0.3, -0.25) is 14.4 Å². The molecule has 1 aromatic carbocycles. The minimum Gasteiger partial charge on any atom is -0.484 e. The summed E-state index contributed by atoms with van der Waals surface area (Å²) in [5.41, 5.74) is 5.79. The fourth-order valence-electron chi connectivity index (χ4n) is 2.57. The number of carbonyl (C=O) groups excluding carboxylic acids is 3. The van der Waals surface area contributed by atoms with E-state index >= 15 is 0 Å². The molecule has 0 bridgehead atoms. The number of nitrogens with two attached hydrogens (primary N) is 1. The molecule has 0 radical (unpaired) electrons. The number of nitrogens with one attached hydrogen (secondary N) is 2. The highest BCUT2D eigenvalue weighted by Crippen LogP contribution is 2.39. The molecule has 1 aliphatic carbocycles. The van der Waals surface area contributed by atoms with E-state index in [0.29, 0.717) is 29.1 Å². The zero-order chi connectivity index (χ0) is 19.4. The number of aliphatic hydroxyl groups is 1. The van der Waals surface area contributed by atoms with Crippen molar-refractivity contribution < 1.29 is 24.2 Å². The number of rotatable bonds is 9. The van der Waals surface area contributed by atoms with E-state index in [4.69, 9.17) is 15.6 Å². The topological polar surface area (TPSA) is 131 Å². The fourth-order valence-corrected chi connectivity index (χ4v) is 3.70. The molecule has 144 valence electrons. The first kappa shape index (κ1) is 19.1. The molecule has 1 heterocycles. The van der Waals surface area contributed by atoms with Crippen molar-refractivity contribution in [2.45, 2.75) is 19.3 Å². The molecule has 8 nitrogen and oxygen atoms in total. The maximum Gasteiger partial charge on any atom is 0.257 e. The second-order valence-electron chi connectivity index (χ2n) is 6.31. The Labute approximate surface area is 159 Å². The molecule has 0 aliphatic heterocycles. The molecule has 27 heavy (non-hydrogen) atoms. The molecule has 0 atom stereocenters. The Morgan fingerprint density at radius 2 is 2.07 bits per heavy atom. The average molecular weight is 391 g/mol. The molecular formula is C18H21N3O5S. The smallest absolute Gasteiger partial charge is 0.257 e. The van der Waals surface area contributed by atoms with Crippen molar-refractivity contribution in [2.75, 3.05) is 25.1 Å². The molecule has 1 saturated carbocycles. The molecule has 1 fully saturated rings. The van der Waals surface area contributed by atoms with E-state index in [1.54, 1.807) is 18.2 Å². The Bertz CT molecular complexity index is 875. The zero-order valence-electron chi connectivity index (χ0n) is 14.6. The number of aliphatic hydroxyl groups excluding tert-OH is 1. The highest BCUT2D eigenvalue weighted by molar-refractivity contribution is 7.23. The third-order valence-corrected chi connectivity index (χ3v) is 5.19. The number of amides is 3. The molecule has 1 aliphatic rings. The summed E-state index contributed by atoms with van der Waals surface area (Å²) in [5, 5.41) is 15.2. The number of fused-ring (bicyclic) bond motifs is 1. The number of anilines is 1. The lowest BCUT2D eigenvalue weighted by Gasteiger charge is -2.07. The second kappa shape index (κ2) is 8.36. The standard InChI is InChI=1S/C18H21N3O5S/c19-16(24)15-12-5-4-11(26-9-14(23)20-6-1-7-22)8-13(12)27-18(15)21-17(25)10-2-3-10/h4-5,8,10,22H,1-3,6-7,9H2,(H2,19,24)(H,20,23)(H,21,25). The van der Waals surface area contributed by atoms with E-state index in [2.05, 4.69) is 10.6 Å². The van der Waals surface area contributed by atoms with Crippen molar-refractivity contribution in [3.63, 3.8) is 0 Å². The molecule has 9 heteroatoms. The summed E-state index contributed by atoms with van der Waals surface area (Å²) in [6, 6.07) is 5.05. The SMILES string of the molecule is NC(=O)c1c(NC(=O)C2CC2)sc2cc(OCC(=O)NCCCO)ccc12. The summed E-state index contributed by atoms with van der Waals surface area (Å²) in [4.78, 5) is 35.6. The summed E-state index contributed by atoms with van der Waals surface area (Å²) in [6.45, 7) is 0.239. The summed E-state index contributed by atoms with van der Waals surface area (Å²) in [7, 11) is 0. The lowest BCUT2D eigenvalue weighted by molar-refractivity contribution is -0.123. The summed E-state index contributed by atoms with van der Waals surface area (Å²) < 4.78 is 6.20. The van der Waals surface area contributed by atoms with Gasteiger partial charge < -0.3 is 26.2 Å². The van der Waals surface area contributed by atoms with E-state index in [1.807, 2.05) is 0 Å². The maximum absolute atomic E-state index is 12.0. The van der Waals surface area contributed by atoms with Crippen LogP contribution in [0.1, 0.15) is 29.6 Å². The molecule has 1 aromatic heterocycles. The van der Waals surface area contributed by atoms with Crippen LogP contribution in [0.2, 0.25) is 0 Å². The Balaban J connectivity index is 1.73. The molecule has 0 unspecified atom stereocenters. The number of thiophene rings is 1. The van der Waals surface area contributed by atoms with Crippen LogP contribution < -0.4 is 21.1 Å². The van der Waals surface area contributed by atoms with Gasteiger partial charge in [-0.2, -0.15) is 0 Å². The van der Waals surface area contributed by atoms with E-state index < -0.39 is 5.91 Å². The molecule has 3 amide bonds. The van der Waals surface area contributed by atoms with Crippen molar-refractivity contribution in [1.29, 1.82) is 0 Å². The highest BCUT2D eigenvalue weighted by Gasteiger charge is 2.31. The number of benzene rings is 1. The van der Waals surface area contributed by atoms with Gasteiger partial charge in [-0.1, -0.05) is 0 Å². The first-order valence-corrected chi connectivity index (χ1v) is 9.49. The van der Waals surface area contributed by atoms with Crippen molar-refractivity contribution in [2.24, 2.45) is 11.7 Å². The quantitative estimate of drug-likeness (QED) is 0.478. The third kappa shape index (κ3) is 4.75. The van der Waals surface area contributed by atoms with Gasteiger partial charge in [-0.15, -0.1) is 11.3 Å². The minimum atomic E-state index is -0.607. The monoisotopic (exact) mass is 391 g/mol. The number of ether oxygens (including phenoxy) is 1. The molecule has 2 aromatic rings. The van der Waals surface area contributed by atoms with E-state index in [-0.39, 0.29) is 36.5 Å². The minimum absolute atomic E-state index is 0.0119. The summed E-state index contributed by atoms with van der Waals surface area (Å²) in [5.74, 6) is -0.509. The van der Waals surface area contributed by atoms with Crippen molar-refractivity contribution in [1.82, 2.24) is 5.32 Å². The number of carbonyl (C=O) groups is 3. The number of hydrogen-bond donors (Lipinski definition) is 4. The van der Waals surface area contributed by atoms with Crippen molar-refractivity contribution in [3.8, 4) is 5.75 Å². The molecule has 3 rings (SSSR count). The van der Waals surface area contributed by atoms with Gasteiger partial charge in [0.2, 0.25) is 5.91 Å². The summed E-state index contributed by atoms with van der Waals surface area (Å²) >= 11 is 1.25. The van der Waals surface area contributed by atoms with E-state index in [0.717, 1.165) is 17.5 Å². The van der Waals surface area contributed by atoms with E-state index in [9.17, 15) is 14.4 Å². The van der Waals surface area contributed by atoms with E-state index in [1.165, 1.54) is 11.3 Å². The maximum atomic E-state index is 12.0. The first-order valence-electron chi connectivity index (χ1n) is 8.67. The van der Waals surface area contributed by atoms with Crippen LogP contribution in [-0.2, 0) is 9.59 Å². The van der Waals surface area contributed by atoms with Gasteiger partial charge in [-0.05, 0) is 37.5 Å². The van der Waals surface area contributed by atoms with Crippen molar-refractivity contribution >= 4 is 44.1 Å². The van der Waals surface area contributed by atoms with Gasteiger partial charge in [0.05, 0.1) is 5.56 Å².